The minimum Gasteiger partial charge on any atom is -0.351 e. The van der Waals surface area contributed by atoms with Gasteiger partial charge in [0.1, 0.15) is 5.65 Å². The van der Waals surface area contributed by atoms with Gasteiger partial charge in [-0.15, -0.1) is 12.4 Å². The van der Waals surface area contributed by atoms with Gasteiger partial charge >= 0.3 is 0 Å². The van der Waals surface area contributed by atoms with Crippen LogP contribution in [0.15, 0.2) is 60.9 Å². The highest BCUT2D eigenvalue weighted by atomic mass is 35.5. The number of rotatable bonds is 6. The number of carbonyl (C=O) groups excluding carboxylic acids is 1. The van der Waals surface area contributed by atoms with Gasteiger partial charge < -0.3 is 16.0 Å². The normalized spacial score (nSPS) is 12.0. The fraction of sp³-hybridized carbons (Fsp3) is 0.158. The number of halogens is 1. The summed E-state index contributed by atoms with van der Waals surface area (Å²) in [4.78, 5) is 19.2. The molecule has 5 nitrogen and oxygen atoms in total. The van der Waals surface area contributed by atoms with Crippen molar-refractivity contribution in [2.75, 3.05) is 6.54 Å². The Labute approximate surface area is 152 Å². The molecule has 2 aromatic heterocycles. The molecule has 1 amide bonds. The van der Waals surface area contributed by atoms with Gasteiger partial charge in [-0.05, 0) is 30.2 Å². The van der Waals surface area contributed by atoms with Crippen LogP contribution in [-0.4, -0.2) is 28.5 Å². The van der Waals surface area contributed by atoms with Gasteiger partial charge in [0.05, 0.1) is 0 Å². The first-order valence-electron chi connectivity index (χ1n) is 7.90. The summed E-state index contributed by atoms with van der Waals surface area (Å²) >= 11 is 0. The number of nitrogens with zero attached hydrogens (tertiary/aromatic N) is 1. The Bertz CT molecular complexity index is 845. The lowest BCUT2D eigenvalue weighted by atomic mass is 10.1. The van der Waals surface area contributed by atoms with Crippen LogP contribution in [0, 0.1) is 0 Å². The van der Waals surface area contributed by atoms with E-state index in [1.165, 1.54) is 11.6 Å². The van der Waals surface area contributed by atoms with E-state index < -0.39 is 0 Å². The molecule has 6 heteroatoms. The second-order valence-electron chi connectivity index (χ2n) is 5.67. The molecule has 0 spiro atoms. The maximum Gasteiger partial charge on any atom is 0.244 e. The van der Waals surface area contributed by atoms with E-state index in [0.29, 0.717) is 6.54 Å². The SMILES string of the molecule is Cl.N[C@H](CNC(=O)C=Cc1c[nH]c2ncccc12)Cc1ccccc1. The number of nitrogens with one attached hydrogen (secondary N) is 2. The number of aromatic amines is 1. The molecule has 0 radical (unpaired) electrons. The minimum absolute atomic E-state index is 0. The maximum absolute atomic E-state index is 12.0. The molecule has 4 N–H and O–H groups in total. The quantitative estimate of drug-likeness (QED) is 0.594. The molecule has 0 saturated heterocycles. The highest BCUT2D eigenvalue weighted by molar-refractivity contribution is 5.95. The number of benzene rings is 1. The molecule has 0 aliphatic rings. The Morgan fingerprint density at radius 2 is 2.04 bits per heavy atom. The van der Waals surface area contributed by atoms with Gasteiger partial charge in [0.2, 0.25) is 5.91 Å². The molecule has 3 aromatic rings. The predicted octanol–water partition coefficient (Wildman–Crippen LogP) is 2.68. The van der Waals surface area contributed by atoms with Crippen LogP contribution < -0.4 is 11.1 Å². The van der Waals surface area contributed by atoms with Crippen LogP contribution in [-0.2, 0) is 11.2 Å². The first-order valence-corrected chi connectivity index (χ1v) is 7.90. The number of aromatic nitrogens is 2. The van der Waals surface area contributed by atoms with Crippen LogP contribution in [0.3, 0.4) is 0 Å². The van der Waals surface area contributed by atoms with Gasteiger partial charge in [0.15, 0.2) is 0 Å². The van der Waals surface area contributed by atoms with Gasteiger partial charge in [0, 0.05) is 42.0 Å². The Kier molecular flexibility index (Phi) is 6.74. The van der Waals surface area contributed by atoms with E-state index in [1.54, 1.807) is 12.3 Å². The van der Waals surface area contributed by atoms with E-state index in [-0.39, 0.29) is 24.4 Å². The zero-order chi connectivity index (χ0) is 16.8. The van der Waals surface area contributed by atoms with Crippen molar-refractivity contribution < 1.29 is 4.79 Å². The Morgan fingerprint density at radius 1 is 1.24 bits per heavy atom. The first kappa shape index (κ1) is 18.7. The van der Waals surface area contributed by atoms with E-state index in [9.17, 15) is 4.79 Å². The molecular formula is C19H21ClN4O. The van der Waals surface area contributed by atoms with Crippen LogP contribution >= 0.6 is 12.4 Å². The van der Waals surface area contributed by atoms with Crippen LogP contribution in [0.25, 0.3) is 17.1 Å². The number of H-pyrrole nitrogens is 1. The molecule has 1 atom stereocenters. The van der Waals surface area contributed by atoms with Crippen molar-refractivity contribution in [2.45, 2.75) is 12.5 Å². The van der Waals surface area contributed by atoms with Gasteiger partial charge in [-0.2, -0.15) is 0 Å². The number of amides is 1. The summed E-state index contributed by atoms with van der Waals surface area (Å²) in [6, 6.07) is 13.7. The summed E-state index contributed by atoms with van der Waals surface area (Å²) in [5.74, 6) is -0.156. The summed E-state index contributed by atoms with van der Waals surface area (Å²) in [5, 5.41) is 3.82. The molecule has 0 bridgehead atoms. The lowest BCUT2D eigenvalue weighted by Gasteiger charge is -2.11. The standard InChI is InChI=1S/C19H20N4O.ClH/c20-16(11-14-5-2-1-3-6-14)13-22-18(24)9-8-15-12-23-19-17(15)7-4-10-21-19;/h1-10,12,16H,11,13,20H2,(H,21,23)(H,22,24);1H/t16-;/m0./s1. The first-order chi connectivity index (χ1) is 11.7. The monoisotopic (exact) mass is 356 g/mol. The summed E-state index contributed by atoms with van der Waals surface area (Å²) in [5.41, 5.74) is 8.97. The molecule has 0 aliphatic carbocycles. The van der Waals surface area contributed by atoms with Crippen molar-refractivity contribution in [3.63, 3.8) is 0 Å². The number of hydrogen-bond acceptors (Lipinski definition) is 3. The third kappa shape index (κ3) is 5.17. The minimum atomic E-state index is -0.156. The molecular weight excluding hydrogens is 336 g/mol. The number of carbonyl (C=O) groups is 1. The molecule has 130 valence electrons. The summed E-state index contributed by atoms with van der Waals surface area (Å²) in [6.07, 6.45) is 7.60. The Morgan fingerprint density at radius 3 is 2.84 bits per heavy atom. The zero-order valence-corrected chi connectivity index (χ0v) is 14.5. The van der Waals surface area contributed by atoms with E-state index in [1.807, 2.05) is 48.7 Å². The topological polar surface area (TPSA) is 83.8 Å². The third-order valence-corrected chi connectivity index (χ3v) is 3.78. The second kappa shape index (κ2) is 9.01. The molecule has 1 aromatic carbocycles. The van der Waals surface area contributed by atoms with Crippen molar-refractivity contribution in [1.82, 2.24) is 15.3 Å². The smallest absolute Gasteiger partial charge is 0.244 e. The molecule has 0 saturated carbocycles. The van der Waals surface area contributed by atoms with E-state index in [2.05, 4.69) is 15.3 Å². The highest BCUT2D eigenvalue weighted by Crippen LogP contribution is 2.16. The van der Waals surface area contributed by atoms with E-state index >= 15 is 0 Å². The lowest BCUT2D eigenvalue weighted by Crippen LogP contribution is -2.37. The maximum atomic E-state index is 12.0. The molecule has 25 heavy (non-hydrogen) atoms. The van der Waals surface area contributed by atoms with Gasteiger partial charge in [-0.25, -0.2) is 4.98 Å². The molecule has 0 fully saturated rings. The number of hydrogen-bond donors (Lipinski definition) is 3. The van der Waals surface area contributed by atoms with E-state index in [0.717, 1.165) is 23.0 Å². The Balaban J connectivity index is 0.00000225. The van der Waals surface area contributed by atoms with Crippen molar-refractivity contribution >= 4 is 35.4 Å². The second-order valence-corrected chi connectivity index (χ2v) is 5.67. The fourth-order valence-electron chi connectivity index (χ4n) is 2.56. The number of fused-ring (bicyclic) bond motifs is 1. The largest absolute Gasteiger partial charge is 0.351 e. The summed E-state index contributed by atoms with van der Waals surface area (Å²) in [6.45, 7) is 0.438. The van der Waals surface area contributed by atoms with Crippen molar-refractivity contribution in [3.05, 3.63) is 72.1 Å². The predicted molar refractivity (Wildman–Crippen MR) is 104 cm³/mol. The number of nitrogens with two attached hydrogens (primary N) is 1. The summed E-state index contributed by atoms with van der Waals surface area (Å²) < 4.78 is 0. The third-order valence-electron chi connectivity index (χ3n) is 3.78. The van der Waals surface area contributed by atoms with Crippen LogP contribution in [0.1, 0.15) is 11.1 Å². The summed E-state index contributed by atoms with van der Waals surface area (Å²) in [7, 11) is 0. The lowest BCUT2D eigenvalue weighted by molar-refractivity contribution is -0.116. The van der Waals surface area contributed by atoms with Gasteiger partial charge in [0.25, 0.3) is 0 Å². The van der Waals surface area contributed by atoms with Gasteiger partial charge in [-0.3, -0.25) is 4.79 Å². The van der Waals surface area contributed by atoms with E-state index in [4.69, 9.17) is 5.73 Å². The number of pyridine rings is 1. The highest BCUT2D eigenvalue weighted by Gasteiger charge is 2.06. The average Bonchev–Trinajstić information content (AvgIpc) is 3.02. The van der Waals surface area contributed by atoms with Crippen molar-refractivity contribution in [2.24, 2.45) is 5.73 Å². The molecule has 2 heterocycles. The van der Waals surface area contributed by atoms with Crippen molar-refractivity contribution in [1.29, 1.82) is 0 Å². The fourth-order valence-corrected chi connectivity index (χ4v) is 2.56. The average molecular weight is 357 g/mol. The van der Waals surface area contributed by atoms with Crippen LogP contribution in [0.4, 0.5) is 0 Å². The molecule has 3 rings (SSSR count). The van der Waals surface area contributed by atoms with Crippen molar-refractivity contribution in [3.8, 4) is 0 Å². The Hall–Kier alpha value is -2.63. The van der Waals surface area contributed by atoms with Crippen LogP contribution in [0.2, 0.25) is 0 Å². The zero-order valence-electron chi connectivity index (χ0n) is 13.7. The molecule has 0 aliphatic heterocycles. The molecule has 0 unspecified atom stereocenters. The van der Waals surface area contributed by atoms with Gasteiger partial charge in [-0.1, -0.05) is 30.3 Å². The van der Waals surface area contributed by atoms with Crippen LogP contribution in [0.5, 0.6) is 0 Å².